The van der Waals surface area contributed by atoms with Crippen LogP contribution < -0.4 is 5.32 Å². The van der Waals surface area contributed by atoms with Crippen LogP contribution >= 0.6 is 0 Å². The van der Waals surface area contributed by atoms with E-state index in [4.69, 9.17) is 4.74 Å². The molecule has 0 amide bonds. The van der Waals surface area contributed by atoms with Gasteiger partial charge in [-0.15, -0.1) is 0 Å². The van der Waals surface area contributed by atoms with Crippen molar-refractivity contribution in [3.05, 3.63) is 35.1 Å². The fourth-order valence-electron chi connectivity index (χ4n) is 2.63. The monoisotopic (exact) mass is 305 g/mol. The van der Waals surface area contributed by atoms with Crippen LogP contribution in [0.15, 0.2) is 18.2 Å². The minimum Gasteiger partial charge on any atom is -0.464 e. The van der Waals surface area contributed by atoms with Crippen molar-refractivity contribution in [2.24, 2.45) is 0 Å². The van der Waals surface area contributed by atoms with Crippen molar-refractivity contribution in [2.45, 2.75) is 31.5 Å². The van der Waals surface area contributed by atoms with Crippen molar-refractivity contribution < 1.29 is 27.1 Å². The summed E-state index contributed by atoms with van der Waals surface area (Å²) in [4.78, 5) is 12.2. The maximum Gasteiger partial charge on any atom is 0.401 e. The summed E-state index contributed by atoms with van der Waals surface area (Å²) in [5.74, 6) is -1.33. The zero-order valence-electron chi connectivity index (χ0n) is 11.4. The zero-order chi connectivity index (χ0) is 15.7. The molecule has 116 valence electrons. The number of hydrogen-bond donors (Lipinski definition) is 1. The number of benzene rings is 1. The summed E-state index contributed by atoms with van der Waals surface area (Å²) < 4.78 is 56.1. The van der Waals surface area contributed by atoms with Gasteiger partial charge in [0.1, 0.15) is 11.4 Å². The molecule has 0 radical (unpaired) electrons. The van der Waals surface area contributed by atoms with Gasteiger partial charge in [-0.3, -0.25) is 5.32 Å². The third kappa shape index (κ3) is 3.02. The molecule has 1 aliphatic rings. The van der Waals surface area contributed by atoms with E-state index >= 15 is 0 Å². The van der Waals surface area contributed by atoms with Crippen LogP contribution in [0.2, 0.25) is 0 Å². The van der Waals surface area contributed by atoms with E-state index in [0.717, 1.165) is 0 Å². The first kappa shape index (κ1) is 15.8. The number of ether oxygens (including phenoxy) is 1. The van der Waals surface area contributed by atoms with Crippen LogP contribution in [0.5, 0.6) is 0 Å². The fourth-order valence-corrected chi connectivity index (χ4v) is 2.63. The lowest BCUT2D eigenvalue weighted by Gasteiger charge is -2.29. The van der Waals surface area contributed by atoms with Gasteiger partial charge in [-0.05, 0) is 37.0 Å². The van der Waals surface area contributed by atoms with E-state index in [1.165, 1.54) is 18.2 Å². The SMILES string of the molecule is CCOC(=O)C1(NCC(F)(F)F)CCc2c(F)cccc21. The highest BCUT2D eigenvalue weighted by Gasteiger charge is 2.49. The third-order valence-corrected chi connectivity index (χ3v) is 3.54. The Balaban J connectivity index is 2.40. The Morgan fingerprint density at radius 3 is 2.76 bits per heavy atom. The van der Waals surface area contributed by atoms with Gasteiger partial charge in [0.05, 0.1) is 13.2 Å². The van der Waals surface area contributed by atoms with E-state index in [-0.39, 0.29) is 30.6 Å². The van der Waals surface area contributed by atoms with Crippen molar-refractivity contribution >= 4 is 5.97 Å². The second-order valence-corrected chi connectivity index (χ2v) is 4.86. The van der Waals surface area contributed by atoms with Gasteiger partial charge in [0, 0.05) is 0 Å². The Morgan fingerprint density at radius 2 is 2.14 bits per heavy atom. The van der Waals surface area contributed by atoms with Crippen molar-refractivity contribution in [3.8, 4) is 0 Å². The summed E-state index contributed by atoms with van der Waals surface area (Å²) >= 11 is 0. The Labute approximate surface area is 119 Å². The first-order chi connectivity index (χ1) is 9.80. The molecule has 0 fully saturated rings. The molecule has 0 bridgehead atoms. The van der Waals surface area contributed by atoms with Gasteiger partial charge in [0.25, 0.3) is 0 Å². The number of halogens is 4. The quantitative estimate of drug-likeness (QED) is 0.686. The number of hydrogen-bond acceptors (Lipinski definition) is 3. The Kier molecular flexibility index (Phi) is 4.22. The molecule has 21 heavy (non-hydrogen) atoms. The van der Waals surface area contributed by atoms with Gasteiger partial charge in [-0.25, -0.2) is 9.18 Å². The molecule has 0 saturated heterocycles. The van der Waals surface area contributed by atoms with Crippen LogP contribution in [0.1, 0.15) is 24.5 Å². The molecule has 0 spiro atoms. The first-order valence-corrected chi connectivity index (χ1v) is 6.57. The van der Waals surface area contributed by atoms with E-state index in [1.54, 1.807) is 6.92 Å². The molecular formula is C14H15F4NO2. The van der Waals surface area contributed by atoms with E-state index in [9.17, 15) is 22.4 Å². The average Bonchev–Trinajstić information content (AvgIpc) is 2.78. The smallest absolute Gasteiger partial charge is 0.401 e. The number of nitrogens with one attached hydrogen (secondary N) is 1. The Bertz CT molecular complexity index is 544. The highest BCUT2D eigenvalue weighted by Crippen LogP contribution is 2.39. The van der Waals surface area contributed by atoms with Gasteiger partial charge in [0.2, 0.25) is 0 Å². The molecule has 1 atom stereocenters. The topological polar surface area (TPSA) is 38.3 Å². The Hall–Kier alpha value is -1.63. The molecule has 1 aromatic rings. The molecule has 1 N–H and O–H groups in total. The van der Waals surface area contributed by atoms with Gasteiger partial charge >= 0.3 is 12.1 Å². The molecule has 0 saturated carbocycles. The van der Waals surface area contributed by atoms with E-state index in [0.29, 0.717) is 0 Å². The van der Waals surface area contributed by atoms with E-state index in [2.05, 4.69) is 5.32 Å². The molecule has 0 heterocycles. The minimum atomic E-state index is -4.48. The standard InChI is InChI=1S/C14H15F4NO2/c1-2-21-12(20)13(19-8-14(16,17)18)7-6-9-10(13)4-3-5-11(9)15/h3-5,19H,2,6-8H2,1H3. The molecule has 0 aromatic heterocycles. The second-order valence-electron chi connectivity index (χ2n) is 4.86. The van der Waals surface area contributed by atoms with E-state index < -0.39 is 30.0 Å². The number of carbonyl (C=O) groups is 1. The summed E-state index contributed by atoms with van der Waals surface area (Å²) in [6, 6.07) is 4.07. The molecule has 1 unspecified atom stereocenters. The Morgan fingerprint density at radius 1 is 1.43 bits per heavy atom. The van der Waals surface area contributed by atoms with Gasteiger partial charge in [-0.2, -0.15) is 13.2 Å². The molecule has 7 heteroatoms. The van der Waals surface area contributed by atoms with Crippen LogP contribution in [0.4, 0.5) is 17.6 Å². The van der Waals surface area contributed by atoms with Crippen molar-refractivity contribution in [2.75, 3.05) is 13.2 Å². The van der Waals surface area contributed by atoms with Crippen LogP contribution in [0.25, 0.3) is 0 Å². The van der Waals surface area contributed by atoms with Crippen molar-refractivity contribution in [3.63, 3.8) is 0 Å². The highest BCUT2D eigenvalue weighted by atomic mass is 19.4. The highest BCUT2D eigenvalue weighted by molar-refractivity contribution is 5.84. The van der Waals surface area contributed by atoms with Crippen LogP contribution in [0.3, 0.4) is 0 Å². The fraction of sp³-hybridized carbons (Fsp3) is 0.500. The van der Waals surface area contributed by atoms with E-state index in [1.807, 2.05) is 0 Å². The van der Waals surface area contributed by atoms with Gasteiger partial charge < -0.3 is 4.74 Å². The van der Waals surface area contributed by atoms with Crippen LogP contribution in [-0.2, 0) is 21.5 Å². The lowest BCUT2D eigenvalue weighted by atomic mass is 9.91. The number of alkyl halides is 3. The van der Waals surface area contributed by atoms with Crippen molar-refractivity contribution in [1.82, 2.24) is 5.32 Å². The number of rotatable bonds is 4. The first-order valence-electron chi connectivity index (χ1n) is 6.57. The minimum absolute atomic E-state index is 0.0399. The lowest BCUT2D eigenvalue weighted by molar-refractivity contribution is -0.156. The van der Waals surface area contributed by atoms with Crippen LogP contribution in [0, 0.1) is 5.82 Å². The summed E-state index contributed by atoms with van der Waals surface area (Å²) in [6.45, 7) is 0.261. The number of carbonyl (C=O) groups excluding carboxylic acids is 1. The maximum atomic E-state index is 13.8. The largest absolute Gasteiger partial charge is 0.464 e. The molecule has 2 rings (SSSR count). The zero-order valence-corrected chi connectivity index (χ0v) is 11.4. The van der Waals surface area contributed by atoms with Gasteiger partial charge in [0.15, 0.2) is 0 Å². The maximum absolute atomic E-state index is 13.8. The second kappa shape index (κ2) is 5.63. The molecule has 1 aromatic carbocycles. The average molecular weight is 305 g/mol. The number of esters is 1. The summed E-state index contributed by atoms with van der Waals surface area (Å²) in [7, 11) is 0. The van der Waals surface area contributed by atoms with Gasteiger partial charge in [-0.1, -0.05) is 12.1 Å². The van der Waals surface area contributed by atoms with Crippen LogP contribution in [-0.4, -0.2) is 25.3 Å². The summed E-state index contributed by atoms with van der Waals surface area (Å²) in [6.07, 6.45) is -4.25. The predicted octanol–water partition coefficient (Wildman–Crippen LogP) is 2.68. The normalized spacial score (nSPS) is 21.2. The molecule has 0 aliphatic heterocycles. The third-order valence-electron chi connectivity index (χ3n) is 3.54. The molecular weight excluding hydrogens is 290 g/mol. The molecule has 1 aliphatic carbocycles. The summed E-state index contributed by atoms with van der Waals surface area (Å²) in [5, 5.41) is 2.24. The van der Waals surface area contributed by atoms with Crippen molar-refractivity contribution in [1.29, 1.82) is 0 Å². The predicted molar refractivity (Wildman–Crippen MR) is 67.1 cm³/mol. The number of fused-ring (bicyclic) bond motifs is 1. The lowest BCUT2D eigenvalue weighted by Crippen LogP contribution is -2.51. The molecule has 3 nitrogen and oxygen atoms in total. The summed E-state index contributed by atoms with van der Waals surface area (Å²) in [5.41, 5.74) is -1.14.